The topological polar surface area (TPSA) is 39.1 Å². The summed E-state index contributed by atoms with van der Waals surface area (Å²) in [6.07, 6.45) is 11.0. The van der Waals surface area contributed by atoms with E-state index in [2.05, 4.69) is 30.1 Å². The first-order valence-corrected chi connectivity index (χ1v) is 8.66. The van der Waals surface area contributed by atoms with Crippen LogP contribution in [0.15, 0.2) is 0 Å². The molecular formula is C17H31N3. The van der Waals surface area contributed by atoms with Crippen LogP contribution in [0, 0.1) is 11.3 Å². The molecule has 0 saturated heterocycles. The van der Waals surface area contributed by atoms with E-state index in [0.29, 0.717) is 6.04 Å². The van der Waals surface area contributed by atoms with Gasteiger partial charge in [-0.2, -0.15) is 5.26 Å². The average molecular weight is 277 g/mol. The first-order valence-electron chi connectivity index (χ1n) is 8.66. The van der Waals surface area contributed by atoms with Gasteiger partial charge in [0.15, 0.2) is 0 Å². The molecule has 1 atom stereocenters. The lowest BCUT2D eigenvalue weighted by molar-refractivity contribution is 0.240. The Bertz CT molecular complexity index is 328. The highest BCUT2D eigenvalue weighted by Gasteiger charge is 2.35. The fourth-order valence-corrected chi connectivity index (χ4v) is 3.00. The summed E-state index contributed by atoms with van der Waals surface area (Å²) in [7, 11) is 0. The van der Waals surface area contributed by atoms with Gasteiger partial charge in [-0.05, 0) is 64.5 Å². The Kier molecular flexibility index (Phi) is 5.86. The van der Waals surface area contributed by atoms with Crippen molar-refractivity contribution in [2.24, 2.45) is 0 Å². The van der Waals surface area contributed by atoms with E-state index in [1.54, 1.807) is 0 Å². The second-order valence-electron chi connectivity index (χ2n) is 6.69. The molecule has 0 amide bonds. The fourth-order valence-electron chi connectivity index (χ4n) is 3.00. The van der Waals surface area contributed by atoms with Gasteiger partial charge in [-0.3, -0.25) is 5.32 Å². The average Bonchev–Trinajstić information content (AvgIpc) is 3.35. The molecule has 0 bridgehead atoms. The van der Waals surface area contributed by atoms with Crippen molar-refractivity contribution in [1.29, 1.82) is 5.26 Å². The third-order valence-electron chi connectivity index (χ3n) is 4.79. The van der Waals surface area contributed by atoms with Crippen LogP contribution >= 0.6 is 0 Å². The number of unbranched alkanes of at least 4 members (excludes halogenated alkanes) is 1. The van der Waals surface area contributed by atoms with E-state index in [4.69, 9.17) is 0 Å². The molecule has 3 heteroatoms. The summed E-state index contributed by atoms with van der Waals surface area (Å²) in [6, 6.07) is 4.05. The Labute approximate surface area is 124 Å². The van der Waals surface area contributed by atoms with Crippen LogP contribution in [0.2, 0.25) is 0 Å². The van der Waals surface area contributed by atoms with E-state index < -0.39 is 0 Å². The maximum Gasteiger partial charge on any atom is 0.106 e. The molecule has 0 aromatic heterocycles. The highest BCUT2D eigenvalue weighted by Crippen LogP contribution is 2.29. The molecule has 1 unspecified atom stereocenters. The summed E-state index contributed by atoms with van der Waals surface area (Å²) < 4.78 is 0. The Morgan fingerprint density at radius 3 is 2.35 bits per heavy atom. The minimum absolute atomic E-state index is 0.263. The van der Waals surface area contributed by atoms with Crippen LogP contribution in [-0.2, 0) is 0 Å². The lowest BCUT2D eigenvalue weighted by Crippen LogP contribution is -2.45. The zero-order valence-electron chi connectivity index (χ0n) is 13.3. The maximum absolute atomic E-state index is 9.56. The highest BCUT2D eigenvalue weighted by molar-refractivity contribution is 5.09. The minimum Gasteiger partial charge on any atom is -0.300 e. The second-order valence-corrected chi connectivity index (χ2v) is 6.69. The van der Waals surface area contributed by atoms with Gasteiger partial charge in [0.1, 0.15) is 5.54 Å². The van der Waals surface area contributed by atoms with E-state index in [0.717, 1.165) is 25.3 Å². The second kappa shape index (κ2) is 7.43. The molecule has 2 fully saturated rings. The van der Waals surface area contributed by atoms with Crippen LogP contribution in [0.3, 0.4) is 0 Å². The van der Waals surface area contributed by atoms with Crippen molar-refractivity contribution in [3.8, 4) is 6.07 Å². The highest BCUT2D eigenvalue weighted by atomic mass is 15.2. The van der Waals surface area contributed by atoms with Crippen molar-refractivity contribution in [3.05, 3.63) is 0 Å². The molecule has 1 N–H and O–H groups in total. The molecule has 0 aromatic carbocycles. The number of rotatable bonds is 11. The van der Waals surface area contributed by atoms with Crippen molar-refractivity contribution in [2.75, 3.05) is 13.1 Å². The van der Waals surface area contributed by atoms with Crippen molar-refractivity contribution in [1.82, 2.24) is 10.2 Å². The molecule has 0 heterocycles. The van der Waals surface area contributed by atoms with Gasteiger partial charge in [-0.15, -0.1) is 0 Å². The predicted octanol–water partition coefficient (Wildman–Crippen LogP) is 3.46. The van der Waals surface area contributed by atoms with Crippen molar-refractivity contribution < 1.29 is 0 Å². The smallest absolute Gasteiger partial charge is 0.106 e. The molecule has 0 spiro atoms. The number of nitriles is 1. The fraction of sp³-hybridized carbons (Fsp3) is 0.941. The summed E-state index contributed by atoms with van der Waals surface area (Å²) in [6.45, 7) is 6.85. The van der Waals surface area contributed by atoms with Gasteiger partial charge < -0.3 is 4.90 Å². The first-order chi connectivity index (χ1) is 9.73. The van der Waals surface area contributed by atoms with Crippen molar-refractivity contribution in [3.63, 3.8) is 0 Å². The summed E-state index contributed by atoms with van der Waals surface area (Å²) >= 11 is 0. The molecule has 0 aromatic rings. The van der Waals surface area contributed by atoms with Crippen LogP contribution in [0.5, 0.6) is 0 Å². The Balaban J connectivity index is 1.74. The third-order valence-corrected chi connectivity index (χ3v) is 4.79. The van der Waals surface area contributed by atoms with Gasteiger partial charge in [0, 0.05) is 12.1 Å². The Hall–Kier alpha value is -0.590. The molecule has 0 aliphatic heterocycles. The summed E-state index contributed by atoms with van der Waals surface area (Å²) in [5.74, 6) is 0. The molecule has 2 aliphatic carbocycles. The van der Waals surface area contributed by atoms with Crippen LogP contribution < -0.4 is 5.32 Å². The quantitative estimate of drug-likeness (QED) is 0.628. The molecule has 2 rings (SSSR count). The molecule has 2 aliphatic rings. The van der Waals surface area contributed by atoms with E-state index >= 15 is 0 Å². The van der Waals surface area contributed by atoms with Crippen LogP contribution in [-0.4, -0.2) is 35.6 Å². The van der Waals surface area contributed by atoms with Crippen LogP contribution in [0.4, 0.5) is 0 Å². The maximum atomic E-state index is 9.56. The zero-order chi connectivity index (χ0) is 14.4. The largest absolute Gasteiger partial charge is 0.300 e. The summed E-state index contributed by atoms with van der Waals surface area (Å²) in [5.41, 5.74) is -0.263. The molecule has 3 nitrogen and oxygen atoms in total. The lowest BCUT2D eigenvalue weighted by atomic mass is 9.91. The number of hydrogen-bond acceptors (Lipinski definition) is 3. The summed E-state index contributed by atoms with van der Waals surface area (Å²) in [5, 5.41) is 13.1. The van der Waals surface area contributed by atoms with Gasteiger partial charge in [0.05, 0.1) is 6.07 Å². The van der Waals surface area contributed by atoms with Crippen LogP contribution in [0.1, 0.15) is 71.6 Å². The monoisotopic (exact) mass is 277 g/mol. The Morgan fingerprint density at radius 2 is 1.85 bits per heavy atom. The molecule has 0 radical (unpaired) electrons. The Morgan fingerprint density at radius 1 is 1.15 bits per heavy atom. The van der Waals surface area contributed by atoms with Crippen molar-refractivity contribution >= 4 is 0 Å². The molecule has 20 heavy (non-hydrogen) atoms. The van der Waals surface area contributed by atoms with E-state index in [9.17, 15) is 5.26 Å². The SMILES string of the molecule is CCCCN(CCCC(C#N)(CC)NC1CC1)C1CC1. The standard InChI is InChI=1S/C17H31N3/c1-3-5-12-20(16-9-10-16)13-6-11-17(4-2,14-18)19-15-7-8-15/h15-16,19H,3-13H2,1-2H3. The van der Waals surface area contributed by atoms with Crippen molar-refractivity contribution in [2.45, 2.75) is 89.3 Å². The van der Waals surface area contributed by atoms with Crippen LogP contribution in [0.25, 0.3) is 0 Å². The zero-order valence-corrected chi connectivity index (χ0v) is 13.3. The van der Waals surface area contributed by atoms with Gasteiger partial charge in [-0.25, -0.2) is 0 Å². The number of hydrogen-bond donors (Lipinski definition) is 1. The lowest BCUT2D eigenvalue weighted by Gasteiger charge is -2.29. The first kappa shape index (κ1) is 15.8. The molecular weight excluding hydrogens is 246 g/mol. The minimum atomic E-state index is -0.263. The molecule has 2 saturated carbocycles. The normalized spacial score (nSPS) is 21.7. The van der Waals surface area contributed by atoms with E-state index in [-0.39, 0.29) is 5.54 Å². The summed E-state index contributed by atoms with van der Waals surface area (Å²) in [4.78, 5) is 2.67. The van der Waals surface area contributed by atoms with Gasteiger partial charge in [0.25, 0.3) is 0 Å². The van der Waals surface area contributed by atoms with Gasteiger partial charge in [-0.1, -0.05) is 20.3 Å². The van der Waals surface area contributed by atoms with Gasteiger partial charge in [0.2, 0.25) is 0 Å². The predicted molar refractivity (Wildman–Crippen MR) is 83.5 cm³/mol. The van der Waals surface area contributed by atoms with E-state index in [1.165, 1.54) is 51.6 Å². The van der Waals surface area contributed by atoms with E-state index in [1.807, 2.05) is 0 Å². The van der Waals surface area contributed by atoms with Gasteiger partial charge >= 0.3 is 0 Å². The third kappa shape index (κ3) is 4.75. The number of nitrogens with zero attached hydrogens (tertiary/aromatic N) is 2. The number of nitrogens with one attached hydrogen (secondary N) is 1. The molecule has 114 valence electrons.